The standard InChI is InChI=1S/2C27H19F4N5O2.C14H12BrN3O.C13H9BF4N2O3.C10H10BrNO.C4H3BrN2.CH4/c2*1-26(2)21-18(5-3-6-20(21)36(24(26)38)25-32-11-4-12-33-25)15-13-19(22(34-14-15)27(29,30)31)23(37)35-17-9-7-16(28)8-10-17;1-14(2)11-9(15)5-3-6-10(11)18(12(14)19)13-16-7-4-8-17-13;15-8-1-3-9(4-2-8)20-12(21)10-5-7(14(22)23)6-19-11(10)13(16,17)18;1-10(2)8-6(11)4-3-5-7(8)12-9(10)13;5-4-3-6-1-2-7-4;/h2*3-14H,1-2H3,(H,35,37);3-8H,1-2H3;1-6,22-23H,(H,20,21);3-5H,1-2H3,(H,12,13);1-3H;1H4. The van der Waals surface area contributed by atoms with Crippen LogP contribution in [0.4, 0.5) is 110 Å². The minimum Gasteiger partial charge on any atom is -0.423 e. The second-order valence-corrected chi connectivity index (χ2v) is 34.9. The summed E-state index contributed by atoms with van der Waals surface area (Å²) in [7, 11) is -2.08. The minimum atomic E-state index is -4.91. The lowest BCUT2D eigenvalue weighted by molar-refractivity contribution is -0.142. The number of carbonyl (C=O) groups excluding carboxylic acids is 7. The van der Waals surface area contributed by atoms with Crippen LogP contribution in [0.2, 0.25) is 0 Å². The zero-order valence-corrected chi connectivity index (χ0v) is 77.8. The number of nitrogens with one attached hydrogen (secondary N) is 4. The Bertz CT molecular complexity index is 6740. The average Bonchev–Trinajstić information content (AvgIpc) is 1.57. The minimum absolute atomic E-state index is 0. The van der Waals surface area contributed by atoms with Gasteiger partial charge in [-0.2, -0.15) is 39.5 Å². The summed E-state index contributed by atoms with van der Waals surface area (Å²) in [6.45, 7) is 14.5. The van der Waals surface area contributed by atoms with E-state index in [0.29, 0.717) is 51.8 Å². The molecule has 11 heterocycles. The average molecular weight is 2100 g/mol. The Morgan fingerprint density at radius 3 is 1.02 bits per heavy atom. The smallest absolute Gasteiger partial charge is 0.423 e. The van der Waals surface area contributed by atoms with Gasteiger partial charge in [0, 0.05) is 128 Å². The van der Waals surface area contributed by atoms with E-state index in [1.165, 1.54) is 71.0 Å². The lowest BCUT2D eigenvalue weighted by Crippen LogP contribution is -2.34. The Kier molecular flexibility index (Phi) is 30.9. The summed E-state index contributed by atoms with van der Waals surface area (Å²) in [5.41, 5.74) is -2.74. The number of fused-ring (bicyclic) bond motifs is 4. The molecule has 139 heavy (non-hydrogen) atoms. The van der Waals surface area contributed by atoms with Crippen molar-refractivity contribution in [2.45, 2.75) is 103 Å². The number of hydrogen-bond donors (Lipinski definition) is 6. The third kappa shape index (κ3) is 22.4. The maximum Gasteiger partial charge on any atom is 0.490 e. The third-order valence-electron chi connectivity index (χ3n) is 21.6. The Labute approximate surface area is 810 Å². The molecule has 712 valence electrons. The molecule has 18 rings (SSSR count). The normalized spacial score (nSPS) is 14.1. The van der Waals surface area contributed by atoms with Gasteiger partial charge < -0.3 is 31.3 Å². The monoisotopic (exact) mass is 2100 g/mol. The summed E-state index contributed by atoms with van der Waals surface area (Å²) in [6, 6.07) is 43.0. The molecule has 0 spiro atoms. The summed E-state index contributed by atoms with van der Waals surface area (Å²) in [5.74, 6) is -4.86. The highest BCUT2D eigenvalue weighted by atomic mass is 79.9. The molecule has 7 aromatic heterocycles. The van der Waals surface area contributed by atoms with Crippen LogP contribution in [0, 0.1) is 17.5 Å². The van der Waals surface area contributed by atoms with E-state index in [2.05, 4.69) is 124 Å². The first-order valence-electron chi connectivity index (χ1n) is 40.8. The molecule has 0 saturated heterocycles. The second kappa shape index (κ2) is 41.6. The first-order valence-corrected chi connectivity index (χ1v) is 43.2. The molecule has 0 saturated carbocycles. The molecule has 4 aliphatic heterocycles. The highest BCUT2D eigenvalue weighted by Crippen LogP contribution is 2.53. The summed E-state index contributed by atoms with van der Waals surface area (Å²) >= 11 is 10.1. The lowest BCUT2D eigenvalue weighted by atomic mass is 9.80. The van der Waals surface area contributed by atoms with Crippen molar-refractivity contribution in [3.8, 4) is 22.3 Å². The first kappa shape index (κ1) is 103. The van der Waals surface area contributed by atoms with Gasteiger partial charge in [-0.3, -0.25) is 53.5 Å². The molecule has 0 bridgehead atoms. The Morgan fingerprint density at radius 1 is 0.374 bits per heavy atom. The van der Waals surface area contributed by atoms with Gasteiger partial charge in [-0.05, 0) is 239 Å². The van der Waals surface area contributed by atoms with E-state index in [-0.39, 0.29) is 76.6 Å². The summed E-state index contributed by atoms with van der Waals surface area (Å²) in [5, 5.41) is 27.7. The van der Waals surface area contributed by atoms with E-state index in [4.69, 9.17) is 10.0 Å². The number of benzene rings is 7. The molecule has 7 aromatic carbocycles. The Balaban J connectivity index is 0.000000159. The van der Waals surface area contributed by atoms with E-state index < -0.39 is 116 Å². The van der Waals surface area contributed by atoms with Crippen molar-refractivity contribution < 1.29 is 96.3 Å². The fourth-order valence-electron chi connectivity index (χ4n) is 15.0. The number of amides is 7. The number of nitrogens with zero attached hydrogens (tertiary/aromatic N) is 14. The SMILES string of the molecule is Brc1cnccn1.C.CC1(C)C(=O)N(c2ncccn2)c2cccc(-c3cnc(C(F)(F)F)c(C(=O)Nc4ccc(F)cc4)c3)c21.CC1(C)C(=O)N(c2ncccn2)c2cccc(-c3cnc(C(F)(F)F)c(C(=O)Nc4ccc(F)cc4)c3)c21.CC1(C)C(=O)N(c2ncccn2)c2cccc(Br)c21.CC1(C)C(=O)Nc2cccc(Br)c21.O=C(Nc1ccc(F)cc1)c1cc(B(O)O)cnc1C(F)(F)F. The van der Waals surface area contributed by atoms with Gasteiger partial charge in [0.15, 0.2) is 17.1 Å². The third-order valence-corrected chi connectivity index (χ3v) is 23.3. The number of anilines is 10. The van der Waals surface area contributed by atoms with E-state index >= 15 is 0 Å². The molecular weight excluding hydrogens is 2030 g/mol. The zero-order chi connectivity index (χ0) is 100. The fraction of sp³-hybridized carbons (Fsp3) is 0.167. The van der Waals surface area contributed by atoms with E-state index in [1.807, 2.05) is 64.1 Å². The van der Waals surface area contributed by atoms with Crippen molar-refractivity contribution in [3.63, 3.8) is 0 Å². The van der Waals surface area contributed by atoms with Crippen LogP contribution in [0.5, 0.6) is 0 Å². The number of rotatable bonds is 12. The summed E-state index contributed by atoms with van der Waals surface area (Å²) in [4.78, 5) is 136. The molecule has 6 N–H and O–H groups in total. The molecule has 0 unspecified atom stereocenters. The predicted molar refractivity (Wildman–Crippen MR) is 504 cm³/mol. The summed E-state index contributed by atoms with van der Waals surface area (Å²) in [6.07, 6.45) is 2.08. The Hall–Kier alpha value is -14.8. The van der Waals surface area contributed by atoms with Crippen LogP contribution in [0.3, 0.4) is 0 Å². The molecular formula is C96H76BBr3F12N18O9. The van der Waals surface area contributed by atoms with Crippen molar-refractivity contribution >= 4 is 159 Å². The van der Waals surface area contributed by atoms with Gasteiger partial charge in [0.1, 0.15) is 22.1 Å². The highest BCUT2D eigenvalue weighted by molar-refractivity contribution is 9.11. The van der Waals surface area contributed by atoms with Gasteiger partial charge in [0.25, 0.3) is 17.7 Å². The van der Waals surface area contributed by atoms with Crippen LogP contribution in [-0.4, -0.2) is 113 Å². The van der Waals surface area contributed by atoms with Gasteiger partial charge >= 0.3 is 25.6 Å². The van der Waals surface area contributed by atoms with E-state index in [0.717, 1.165) is 97.0 Å². The van der Waals surface area contributed by atoms with Crippen molar-refractivity contribution in [2.75, 3.05) is 36.0 Å². The number of carbonyl (C=O) groups is 7. The zero-order valence-electron chi connectivity index (χ0n) is 73.0. The van der Waals surface area contributed by atoms with Crippen LogP contribution in [0.25, 0.3) is 22.3 Å². The largest absolute Gasteiger partial charge is 0.490 e. The molecule has 7 amide bonds. The number of pyridine rings is 3. The molecule has 4 aliphatic rings. The maximum atomic E-state index is 13.8. The number of hydrogen-bond acceptors (Lipinski definition) is 20. The van der Waals surface area contributed by atoms with Crippen molar-refractivity contribution in [3.05, 3.63) is 343 Å². The van der Waals surface area contributed by atoms with Crippen LogP contribution in [0.15, 0.2) is 270 Å². The molecule has 0 radical (unpaired) electrons. The Morgan fingerprint density at radius 2 is 0.698 bits per heavy atom. The van der Waals surface area contributed by atoms with Crippen molar-refractivity contribution in [2.24, 2.45) is 0 Å². The molecule has 0 fully saturated rings. The topological polar surface area (TPSA) is 360 Å². The number of aromatic nitrogens is 11. The molecule has 43 heteroatoms. The molecule has 27 nitrogen and oxygen atoms in total. The molecule has 0 aliphatic carbocycles. The quantitative estimate of drug-likeness (QED) is 0.0489. The molecule has 14 aromatic rings. The number of alkyl halides is 9. The highest BCUT2D eigenvalue weighted by Gasteiger charge is 2.51. The van der Waals surface area contributed by atoms with Crippen molar-refractivity contribution in [1.82, 2.24) is 54.8 Å². The van der Waals surface area contributed by atoms with Gasteiger partial charge in [-0.15, -0.1) is 0 Å². The first-order chi connectivity index (χ1) is 65.1. The lowest BCUT2D eigenvalue weighted by Gasteiger charge is -2.20. The van der Waals surface area contributed by atoms with Crippen LogP contribution in [-0.2, 0) is 59.4 Å². The van der Waals surface area contributed by atoms with E-state index in [1.54, 1.807) is 118 Å². The van der Waals surface area contributed by atoms with Gasteiger partial charge in [0.05, 0.1) is 61.6 Å². The number of halogens is 15. The molecule has 0 atom stereocenters. The van der Waals surface area contributed by atoms with Gasteiger partial charge in [-0.25, -0.2) is 62.8 Å². The van der Waals surface area contributed by atoms with Crippen molar-refractivity contribution in [1.29, 1.82) is 0 Å². The fourth-order valence-corrected chi connectivity index (χ4v) is 17.0. The maximum absolute atomic E-state index is 13.8. The summed E-state index contributed by atoms with van der Waals surface area (Å²) < 4.78 is 164. The van der Waals surface area contributed by atoms with Gasteiger partial charge in [0.2, 0.25) is 41.5 Å². The van der Waals surface area contributed by atoms with Crippen LogP contribution >= 0.6 is 47.8 Å². The predicted octanol–water partition coefficient (Wildman–Crippen LogP) is 20.7. The second-order valence-electron chi connectivity index (χ2n) is 32.4. The van der Waals surface area contributed by atoms with E-state index in [9.17, 15) is 86.2 Å². The van der Waals surface area contributed by atoms with Crippen LogP contribution < -0.4 is 41.4 Å². The van der Waals surface area contributed by atoms with Gasteiger partial charge in [-0.1, -0.05) is 75.7 Å². The van der Waals surface area contributed by atoms with Crippen LogP contribution in [0.1, 0.15) is 133 Å².